The standard InChI is InChI=1S/C23H24N4O3/c1-15(2)24-23(29)22-21(18-6-4-3-5-7-18)25-19(26-22)14-17-10-8-16(9-11-17)12-13-20(28)27-30/h3-13,15,30H,14H2,1-2H3,(H,24,29)(H,25,26)(H,27,28). The van der Waals surface area contributed by atoms with Gasteiger partial charge < -0.3 is 10.3 Å². The molecule has 3 aromatic rings. The largest absolute Gasteiger partial charge is 0.349 e. The van der Waals surface area contributed by atoms with Crippen LogP contribution >= 0.6 is 0 Å². The first-order valence-electron chi connectivity index (χ1n) is 9.62. The maximum absolute atomic E-state index is 12.7. The highest BCUT2D eigenvalue weighted by Crippen LogP contribution is 2.23. The van der Waals surface area contributed by atoms with Gasteiger partial charge in [-0.05, 0) is 31.1 Å². The number of hydrogen-bond donors (Lipinski definition) is 4. The summed E-state index contributed by atoms with van der Waals surface area (Å²) in [5.41, 5.74) is 5.32. The van der Waals surface area contributed by atoms with Crippen molar-refractivity contribution < 1.29 is 14.8 Å². The van der Waals surface area contributed by atoms with Gasteiger partial charge in [-0.2, -0.15) is 0 Å². The van der Waals surface area contributed by atoms with Crippen molar-refractivity contribution in [2.24, 2.45) is 0 Å². The maximum atomic E-state index is 12.7. The molecule has 4 N–H and O–H groups in total. The Kier molecular flexibility index (Phi) is 6.77. The van der Waals surface area contributed by atoms with E-state index in [9.17, 15) is 9.59 Å². The summed E-state index contributed by atoms with van der Waals surface area (Å²) in [4.78, 5) is 31.6. The molecule has 1 aromatic heterocycles. The van der Waals surface area contributed by atoms with Crippen LogP contribution in [0.15, 0.2) is 60.7 Å². The molecule has 0 radical (unpaired) electrons. The molecule has 2 amide bonds. The Bertz CT molecular complexity index is 1040. The first-order valence-corrected chi connectivity index (χ1v) is 9.62. The highest BCUT2D eigenvalue weighted by molar-refractivity contribution is 5.98. The zero-order valence-electron chi connectivity index (χ0n) is 16.8. The fourth-order valence-corrected chi connectivity index (χ4v) is 2.96. The van der Waals surface area contributed by atoms with E-state index in [4.69, 9.17) is 5.21 Å². The van der Waals surface area contributed by atoms with E-state index >= 15 is 0 Å². The number of imidazole rings is 1. The van der Waals surface area contributed by atoms with Crippen LogP contribution in [-0.2, 0) is 11.2 Å². The predicted octanol–water partition coefficient (Wildman–Crippen LogP) is 3.32. The van der Waals surface area contributed by atoms with Crippen molar-refractivity contribution in [1.82, 2.24) is 20.8 Å². The Morgan fingerprint density at radius 3 is 2.43 bits per heavy atom. The summed E-state index contributed by atoms with van der Waals surface area (Å²) in [6.07, 6.45) is 3.37. The summed E-state index contributed by atoms with van der Waals surface area (Å²) in [5.74, 6) is -0.0914. The molecule has 3 rings (SSSR count). The Labute approximate surface area is 174 Å². The van der Waals surface area contributed by atoms with E-state index in [1.807, 2.05) is 68.4 Å². The van der Waals surface area contributed by atoms with Crippen molar-refractivity contribution in [2.75, 3.05) is 0 Å². The second-order valence-corrected chi connectivity index (χ2v) is 7.13. The molecule has 0 unspecified atom stereocenters. The van der Waals surface area contributed by atoms with Crippen LogP contribution in [0.2, 0.25) is 0 Å². The summed E-state index contributed by atoms with van der Waals surface area (Å²) < 4.78 is 0. The lowest BCUT2D eigenvalue weighted by Crippen LogP contribution is -2.30. The van der Waals surface area contributed by atoms with Gasteiger partial charge in [0.05, 0.1) is 0 Å². The normalized spacial score (nSPS) is 11.1. The Hall–Kier alpha value is -3.71. The SMILES string of the molecule is CC(C)NC(=O)c1[nH]c(Cc2ccc(C=CC(=O)NO)cc2)nc1-c1ccccc1. The number of hydrogen-bond acceptors (Lipinski definition) is 4. The third-order valence-electron chi connectivity index (χ3n) is 4.34. The van der Waals surface area contributed by atoms with Gasteiger partial charge in [0.25, 0.3) is 11.8 Å². The molecule has 0 aliphatic rings. The van der Waals surface area contributed by atoms with E-state index in [2.05, 4.69) is 15.3 Å². The van der Waals surface area contributed by atoms with Gasteiger partial charge in [-0.25, -0.2) is 10.5 Å². The van der Waals surface area contributed by atoms with Crippen molar-refractivity contribution >= 4 is 17.9 Å². The van der Waals surface area contributed by atoms with E-state index in [-0.39, 0.29) is 11.9 Å². The van der Waals surface area contributed by atoms with Gasteiger partial charge in [-0.1, -0.05) is 54.6 Å². The molecule has 0 aliphatic heterocycles. The van der Waals surface area contributed by atoms with E-state index < -0.39 is 5.91 Å². The van der Waals surface area contributed by atoms with Crippen LogP contribution in [0, 0.1) is 0 Å². The number of benzene rings is 2. The summed E-state index contributed by atoms with van der Waals surface area (Å²) in [6, 6.07) is 17.2. The number of H-pyrrole nitrogens is 1. The Balaban J connectivity index is 1.84. The van der Waals surface area contributed by atoms with Gasteiger partial charge in [0.1, 0.15) is 17.2 Å². The van der Waals surface area contributed by atoms with Gasteiger partial charge >= 0.3 is 0 Å². The van der Waals surface area contributed by atoms with Crippen molar-refractivity contribution in [3.8, 4) is 11.3 Å². The first kappa shape index (κ1) is 21.0. The van der Waals surface area contributed by atoms with Gasteiger partial charge in [0.2, 0.25) is 0 Å². The number of carbonyl (C=O) groups is 2. The number of amides is 2. The molecule has 0 saturated heterocycles. The number of aromatic amines is 1. The van der Waals surface area contributed by atoms with E-state index in [0.717, 1.165) is 16.7 Å². The van der Waals surface area contributed by atoms with Crippen LogP contribution in [0.25, 0.3) is 17.3 Å². The van der Waals surface area contributed by atoms with Crippen LogP contribution < -0.4 is 10.8 Å². The minimum atomic E-state index is -0.588. The molecule has 1 heterocycles. The number of carbonyl (C=O) groups excluding carboxylic acids is 2. The number of nitrogens with one attached hydrogen (secondary N) is 3. The summed E-state index contributed by atoms with van der Waals surface area (Å²) in [5, 5.41) is 11.4. The molecule has 0 atom stereocenters. The molecule has 0 saturated carbocycles. The summed E-state index contributed by atoms with van der Waals surface area (Å²) >= 11 is 0. The van der Waals surface area contributed by atoms with E-state index in [1.165, 1.54) is 6.08 Å². The predicted molar refractivity (Wildman–Crippen MR) is 115 cm³/mol. The van der Waals surface area contributed by atoms with E-state index in [0.29, 0.717) is 23.6 Å². The molecule has 30 heavy (non-hydrogen) atoms. The van der Waals surface area contributed by atoms with Crippen molar-refractivity contribution in [2.45, 2.75) is 26.3 Å². The lowest BCUT2D eigenvalue weighted by molar-refractivity contribution is -0.124. The monoisotopic (exact) mass is 404 g/mol. The Morgan fingerprint density at radius 2 is 1.80 bits per heavy atom. The molecule has 0 bridgehead atoms. The topological polar surface area (TPSA) is 107 Å². The van der Waals surface area contributed by atoms with Crippen LogP contribution in [-0.4, -0.2) is 33.0 Å². The van der Waals surface area contributed by atoms with Gasteiger partial charge in [-0.3, -0.25) is 14.8 Å². The van der Waals surface area contributed by atoms with Crippen molar-refractivity contribution in [1.29, 1.82) is 0 Å². The second kappa shape index (κ2) is 9.67. The number of nitrogens with zero attached hydrogens (tertiary/aromatic N) is 1. The van der Waals surface area contributed by atoms with Gasteiger partial charge in [-0.15, -0.1) is 0 Å². The fraction of sp³-hybridized carbons (Fsp3) is 0.174. The molecule has 0 spiro atoms. The van der Waals surface area contributed by atoms with Crippen LogP contribution in [0.4, 0.5) is 0 Å². The number of rotatable bonds is 7. The lowest BCUT2D eigenvalue weighted by Gasteiger charge is -2.08. The number of aromatic nitrogens is 2. The third kappa shape index (κ3) is 5.42. The average molecular weight is 404 g/mol. The Morgan fingerprint density at radius 1 is 1.10 bits per heavy atom. The highest BCUT2D eigenvalue weighted by Gasteiger charge is 2.19. The zero-order valence-corrected chi connectivity index (χ0v) is 16.8. The second-order valence-electron chi connectivity index (χ2n) is 7.13. The fourth-order valence-electron chi connectivity index (χ4n) is 2.96. The first-order chi connectivity index (χ1) is 14.5. The quantitative estimate of drug-likeness (QED) is 0.275. The average Bonchev–Trinajstić information content (AvgIpc) is 3.17. The molecule has 7 heteroatoms. The van der Waals surface area contributed by atoms with Crippen molar-refractivity contribution in [3.63, 3.8) is 0 Å². The van der Waals surface area contributed by atoms with Gasteiger partial charge in [0, 0.05) is 24.1 Å². The summed E-state index contributed by atoms with van der Waals surface area (Å²) in [7, 11) is 0. The van der Waals surface area contributed by atoms with Crippen LogP contribution in [0.1, 0.15) is 41.3 Å². The summed E-state index contributed by atoms with van der Waals surface area (Å²) in [6.45, 7) is 3.83. The highest BCUT2D eigenvalue weighted by atomic mass is 16.5. The van der Waals surface area contributed by atoms with Crippen LogP contribution in [0.5, 0.6) is 0 Å². The molecule has 0 fully saturated rings. The van der Waals surface area contributed by atoms with Crippen molar-refractivity contribution in [3.05, 3.63) is 83.3 Å². The molecular formula is C23H24N4O3. The molecule has 2 aromatic carbocycles. The molecular weight excluding hydrogens is 380 g/mol. The number of hydroxylamine groups is 1. The third-order valence-corrected chi connectivity index (χ3v) is 4.34. The minimum Gasteiger partial charge on any atom is -0.349 e. The smallest absolute Gasteiger partial charge is 0.270 e. The maximum Gasteiger partial charge on any atom is 0.270 e. The lowest BCUT2D eigenvalue weighted by atomic mass is 10.1. The van der Waals surface area contributed by atoms with Crippen LogP contribution in [0.3, 0.4) is 0 Å². The minimum absolute atomic E-state index is 0.0152. The van der Waals surface area contributed by atoms with Gasteiger partial charge in [0.15, 0.2) is 0 Å². The zero-order chi connectivity index (χ0) is 21.5. The molecule has 154 valence electrons. The van der Waals surface area contributed by atoms with E-state index in [1.54, 1.807) is 11.6 Å². The molecule has 7 nitrogen and oxygen atoms in total. The molecule has 0 aliphatic carbocycles.